The first-order valence-electron chi connectivity index (χ1n) is 6.17. The minimum atomic E-state index is -0.477. The van der Waals surface area contributed by atoms with E-state index < -0.39 is 5.82 Å². The Kier molecular flexibility index (Phi) is 4.90. The van der Waals surface area contributed by atoms with Crippen molar-refractivity contribution in [2.75, 3.05) is 11.9 Å². The van der Waals surface area contributed by atoms with Gasteiger partial charge in [0.2, 0.25) is 0 Å². The zero-order valence-corrected chi connectivity index (χ0v) is 11.8. The number of carbonyl (C=O) groups is 1. The highest BCUT2D eigenvalue weighted by molar-refractivity contribution is 6.31. The molecule has 0 unspecified atom stereocenters. The van der Waals surface area contributed by atoms with Crippen molar-refractivity contribution in [3.8, 4) is 0 Å². The molecule has 2 rings (SSSR count). The quantitative estimate of drug-likeness (QED) is 0.831. The van der Waals surface area contributed by atoms with Gasteiger partial charge in [0.05, 0.1) is 16.9 Å². The summed E-state index contributed by atoms with van der Waals surface area (Å²) in [4.78, 5) is 15.7. The number of nitrogens with one attached hydrogen (secondary N) is 2. The van der Waals surface area contributed by atoms with Crippen LogP contribution in [-0.4, -0.2) is 17.4 Å². The van der Waals surface area contributed by atoms with Gasteiger partial charge in [-0.3, -0.25) is 4.79 Å². The van der Waals surface area contributed by atoms with E-state index in [0.717, 1.165) is 0 Å². The molecule has 6 heteroatoms. The van der Waals surface area contributed by atoms with E-state index in [0.29, 0.717) is 23.6 Å². The van der Waals surface area contributed by atoms with Gasteiger partial charge in [0.25, 0.3) is 5.91 Å². The number of halogens is 2. The molecule has 0 aliphatic rings. The van der Waals surface area contributed by atoms with Crippen LogP contribution in [0, 0.1) is 5.82 Å². The normalized spacial score (nSPS) is 10.0. The fourth-order valence-corrected chi connectivity index (χ4v) is 1.78. The molecular formula is C15H13ClFN3O. The van der Waals surface area contributed by atoms with Gasteiger partial charge in [0.1, 0.15) is 11.5 Å². The molecule has 2 aromatic rings. The van der Waals surface area contributed by atoms with Crippen molar-refractivity contribution in [1.82, 2.24) is 10.3 Å². The zero-order valence-electron chi connectivity index (χ0n) is 11.1. The lowest BCUT2D eigenvalue weighted by atomic mass is 10.2. The van der Waals surface area contributed by atoms with Crippen molar-refractivity contribution < 1.29 is 9.18 Å². The number of aromatic nitrogens is 1. The first-order valence-corrected chi connectivity index (χ1v) is 6.55. The number of carbonyl (C=O) groups excluding carboxylic acids is 1. The standard InChI is InChI=1S/C15H13ClFN3O/c1-2-7-18-15(21)14-6-4-11(9-19-14)20-10-3-5-13(17)12(16)8-10/h2-6,8-9,20H,1,7H2,(H,18,21). The van der Waals surface area contributed by atoms with Crippen molar-refractivity contribution in [2.24, 2.45) is 0 Å². The van der Waals surface area contributed by atoms with Crippen LogP contribution in [0.1, 0.15) is 10.5 Å². The summed E-state index contributed by atoms with van der Waals surface area (Å²) in [5.74, 6) is -0.749. The fraction of sp³-hybridized carbons (Fsp3) is 0.0667. The van der Waals surface area contributed by atoms with E-state index in [1.54, 1.807) is 24.3 Å². The van der Waals surface area contributed by atoms with Gasteiger partial charge in [-0.15, -0.1) is 6.58 Å². The molecule has 0 fully saturated rings. The molecular weight excluding hydrogens is 293 g/mol. The Labute approximate surface area is 126 Å². The molecule has 1 aromatic carbocycles. The van der Waals surface area contributed by atoms with E-state index in [-0.39, 0.29) is 10.9 Å². The SMILES string of the molecule is C=CCNC(=O)c1ccc(Nc2ccc(F)c(Cl)c2)cn1. The van der Waals surface area contributed by atoms with Gasteiger partial charge in [-0.2, -0.15) is 0 Å². The maximum Gasteiger partial charge on any atom is 0.270 e. The molecule has 0 aliphatic carbocycles. The van der Waals surface area contributed by atoms with Crippen LogP contribution in [0.3, 0.4) is 0 Å². The van der Waals surface area contributed by atoms with Crippen molar-refractivity contribution in [3.05, 3.63) is 65.7 Å². The summed E-state index contributed by atoms with van der Waals surface area (Å²) in [7, 11) is 0. The van der Waals surface area contributed by atoms with Crippen molar-refractivity contribution in [1.29, 1.82) is 0 Å². The minimum Gasteiger partial charge on any atom is -0.354 e. The van der Waals surface area contributed by atoms with Crippen LogP contribution in [0.2, 0.25) is 5.02 Å². The maximum atomic E-state index is 13.1. The topological polar surface area (TPSA) is 54.0 Å². The van der Waals surface area contributed by atoms with Gasteiger partial charge in [0.15, 0.2) is 0 Å². The van der Waals surface area contributed by atoms with Gasteiger partial charge in [-0.25, -0.2) is 9.37 Å². The summed E-state index contributed by atoms with van der Waals surface area (Å²) in [6.45, 7) is 3.90. The Hall–Kier alpha value is -2.40. The van der Waals surface area contributed by atoms with E-state index in [1.165, 1.54) is 18.3 Å². The number of hydrogen-bond donors (Lipinski definition) is 2. The first-order chi connectivity index (χ1) is 10.1. The van der Waals surface area contributed by atoms with E-state index in [1.807, 2.05) is 0 Å². The van der Waals surface area contributed by atoms with Crippen LogP contribution < -0.4 is 10.6 Å². The number of nitrogens with zero attached hydrogens (tertiary/aromatic N) is 1. The molecule has 4 nitrogen and oxygen atoms in total. The molecule has 0 saturated heterocycles. The summed E-state index contributed by atoms with van der Waals surface area (Å²) >= 11 is 5.70. The van der Waals surface area contributed by atoms with E-state index in [9.17, 15) is 9.18 Å². The van der Waals surface area contributed by atoms with E-state index in [4.69, 9.17) is 11.6 Å². The Morgan fingerprint density at radius 2 is 2.10 bits per heavy atom. The first kappa shape index (κ1) is 15.0. The number of rotatable bonds is 5. The predicted octanol–water partition coefficient (Wildman–Crippen LogP) is 3.53. The van der Waals surface area contributed by atoms with Crippen molar-refractivity contribution in [2.45, 2.75) is 0 Å². The number of pyridine rings is 1. The van der Waals surface area contributed by atoms with Crippen LogP contribution in [0.25, 0.3) is 0 Å². The van der Waals surface area contributed by atoms with E-state index in [2.05, 4.69) is 22.2 Å². The molecule has 0 radical (unpaired) electrons. The van der Waals surface area contributed by atoms with Gasteiger partial charge >= 0.3 is 0 Å². The monoisotopic (exact) mass is 305 g/mol. The summed E-state index contributed by atoms with van der Waals surface area (Å²) < 4.78 is 13.1. The molecule has 0 saturated carbocycles. The molecule has 0 spiro atoms. The van der Waals surface area contributed by atoms with Crippen LogP contribution in [0.5, 0.6) is 0 Å². The Morgan fingerprint density at radius 1 is 1.33 bits per heavy atom. The van der Waals surface area contributed by atoms with Crippen LogP contribution in [0.4, 0.5) is 15.8 Å². The molecule has 2 N–H and O–H groups in total. The number of amides is 1. The second-order valence-electron chi connectivity index (χ2n) is 4.18. The molecule has 1 amide bonds. The highest BCUT2D eigenvalue weighted by atomic mass is 35.5. The van der Waals surface area contributed by atoms with Crippen LogP contribution >= 0.6 is 11.6 Å². The van der Waals surface area contributed by atoms with Gasteiger partial charge < -0.3 is 10.6 Å². The molecule has 0 atom stereocenters. The summed E-state index contributed by atoms with van der Waals surface area (Å²) in [5, 5.41) is 5.69. The number of hydrogen-bond acceptors (Lipinski definition) is 3. The lowest BCUT2D eigenvalue weighted by Gasteiger charge is -2.07. The second-order valence-corrected chi connectivity index (χ2v) is 4.59. The third-order valence-electron chi connectivity index (χ3n) is 2.61. The minimum absolute atomic E-state index is 0.0355. The maximum absolute atomic E-state index is 13.1. The van der Waals surface area contributed by atoms with E-state index >= 15 is 0 Å². The highest BCUT2D eigenvalue weighted by Crippen LogP contribution is 2.22. The molecule has 1 heterocycles. The third-order valence-corrected chi connectivity index (χ3v) is 2.90. The summed E-state index contributed by atoms with van der Waals surface area (Å²) in [6.07, 6.45) is 3.10. The number of anilines is 2. The average Bonchev–Trinajstić information content (AvgIpc) is 2.49. The Balaban J connectivity index is 2.06. The zero-order chi connectivity index (χ0) is 15.2. The molecule has 0 bridgehead atoms. The Morgan fingerprint density at radius 3 is 2.71 bits per heavy atom. The van der Waals surface area contributed by atoms with Crippen molar-refractivity contribution >= 4 is 28.9 Å². The predicted molar refractivity (Wildman–Crippen MR) is 81.5 cm³/mol. The Bertz CT molecular complexity index is 658. The summed E-state index contributed by atoms with van der Waals surface area (Å²) in [6, 6.07) is 7.60. The molecule has 108 valence electrons. The molecule has 21 heavy (non-hydrogen) atoms. The van der Waals surface area contributed by atoms with Crippen molar-refractivity contribution in [3.63, 3.8) is 0 Å². The molecule has 1 aromatic heterocycles. The van der Waals surface area contributed by atoms with Crippen LogP contribution in [-0.2, 0) is 0 Å². The smallest absolute Gasteiger partial charge is 0.270 e. The third kappa shape index (κ3) is 4.03. The van der Waals surface area contributed by atoms with Gasteiger partial charge in [0, 0.05) is 12.2 Å². The number of benzene rings is 1. The van der Waals surface area contributed by atoms with Gasteiger partial charge in [-0.05, 0) is 30.3 Å². The summed E-state index contributed by atoms with van der Waals surface area (Å²) in [5.41, 5.74) is 1.60. The van der Waals surface area contributed by atoms with Gasteiger partial charge in [-0.1, -0.05) is 17.7 Å². The molecule has 0 aliphatic heterocycles. The largest absolute Gasteiger partial charge is 0.354 e. The van der Waals surface area contributed by atoms with Crippen LogP contribution in [0.15, 0.2) is 49.2 Å². The highest BCUT2D eigenvalue weighted by Gasteiger charge is 2.06. The fourth-order valence-electron chi connectivity index (χ4n) is 1.60. The lowest BCUT2D eigenvalue weighted by Crippen LogP contribution is -2.24. The second kappa shape index (κ2) is 6.85. The lowest BCUT2D eigenvalue weighted by molar-refractivity contribution is 0.0953. The average molecular weight is 306 g/mol.